The predicted octanol–water partition coefficient (Wildman–Crippen LogP) is 2.07. The molecule has 1 heterocycles. The van der Waals surface area contributed by atoms with Crippen LogP contribution in [0.15, 0.2) is 42.7 Å². The lowest BCUT2D eigenvalue weighted by Crippen LogP contribution is -2.45. The number of nitro groups is 1. The second kappa shape index (κ2) is 7.05. The molecule has 0 saturated heterocycles. The summed E-state index contributed by atoms with van der Waals surface area (Å²) in [5.74, 6) is -0.200. The van der Waals surface area contributed by atoms with Crippen molar-refractivity contribution in [1.29, 1.82) is 0 Å². The van der Waals surface area contributed by atoms with Gasteiger partial charge in [-0.05, 0) is 38.1 Å². The molecular formula is C16H17N3O5. The van der Waals surface area contributed by atoms with Gasteiger partial charge in [0.2, 0.25) is 0 Å². The van der Waals surface area contributed by atoms with Crippen LogP contribution in [0.25, 0.3) is 0 Å². The summed E-state index contributed by atoms with van der Waals surface area (Å²) in [5, 5.41) is 23.6. The Labute approximate surface area is 138 Å². The number of ether oxygens (including phenoxy) is 1. The largest absolute Gasteiger partial charge is 0.490 e. The molecule has 8 heteroatoms. The van der Waals surface area contributed by atoms with Gasteiger partial charge in [-0.15, -0.1) is 0 Å². The molecule has 1 amide bonds. The molecule has 1 unspecified atom stereocenters. The fourth-order valence-corrected chi connectivity index (χ4v) is 1.93. The monoisotopic (exact) mass is 331 g/mol. The average molecular weight is 331 g/mol. The zero-order valence-corrected chi connectivity index (χ0v) is 13.2. The Hall–Kier alpha value is -3.00. The Bertz CT molecular complexity index is 747. The fraction of sp³-hybridized carbons (Fsp3) is 0.250. The molecule has 0 fully saturated rings. The Kier molecular flexibility index (Phi) is 5.10. The lowest BCUT2D eigenvalue weighted by atomic mass is 10.1. The summed E-state index contributed by atoms with van der Waals surface area (Å²) in [5.41, 5.74) is -1.06. The fourth-order valence-electron chi connectivity index (χ4n) is 1.93. The number of nitrogens with zero attached hydrogens (tertiary/aromatic N) is 2. The molecular weight excluding hydrogens is 314 g/mol. The lowest BCUT2D eigenvalue weighted by Gasteiger charge is -2.22. The third-order valence-electron chi connectivity index (χ3n) is 3.31. The van der Waals surface area contributed by atoms with Gasteiger partial charge < -0.3 is 15.2 Å². The maximum Gasteiger partial charge on any atom is 0.272 e. The summed E-state index contributed by atoms with van der Waals surface area (Å²) in [4.78, 5) is 26.3. The first-order valence-corrected chi connectivity index (χ1v) is 7.11. The van der Waals surface area contributed by atoms with Gasteiger partial charge >= 0.3 is 0 Å². The van der Waals surface area contributed by atoms with Crippen LogP contribution in [0, 0.1) is 17.0 Å². The first-order valence-electron chi connectivity index (χ1n) is 7.11. The predicted molar refractivity (Wildman–Crippen MR) is 86.8 cm³/mol. The van der Waals surface area contributed by atoms with E-state index >= 15 is 0 Å². The summed E-state index contributed by atoms with van der Waals surface area (Å²) in [6, 6.07) is 7.38. The molecule has 0 aliphatic carbocycles. The quantitative estimate of drug-likeness (QED) is 0.618. The highest BCUT2D eigenvalue weighted by molar-refractivity contribution is 5.97. The summed E-state index contributed by atoms with van der Waals surface area (Å²) >= 11 is 0. The van der Waals surface area contributed by atoms with Crippen LogP contribution in [-0.2, 0) is 4.79 Å². The number of carbonyl (C=O) groups is 1. The zero-order chi connectivity index (χ0) is 17.7. The molecule has 2 rings (SSSR count). The van der Waals surface area contributed by atoms with Gasteiger partial charge in [-0.2, -0.15) is 0 Å². The molecule has 126 valence electrons. The van der Waals surface area contributed by atoms with Crippen molar-refractivity contribution in [1.82, 2.24) is 4.98 Å². The van der Waals surface area contributed by atoms with Gasteiger partial charge in [-0.3, -0.25) is 19.9 Å². The molecule has 0 aliphatic rings. The Morgan fingerprint density at radius 2 is 2.04 bits per heavy atom. The molecule has 0 aliphatic heterocycles. The number of aliphatic hydroxyl groups is 1. The second-order valence-electron chi connectivity index (χ2n) is 5.46. The molecule has 24 heavy (non-hydrogen) atoms. The maximum atomic E-state index is 12.2. The number of pyridine rings is 1. The van der Waals surface area contributed by atoms with Crippen molar-refractivity contribution < 1.29 is 19.6 Å². The standard InChI is InChI=1S/C16H17N3O5/c1-11-9-12(3-4-14(11)19(22)23)18-15(20)16(2,21)10-24-13-5-7-17-8-6-13/h3-9,21H,10H2,1-2H3,(H,18,20). The number of benzene rings is 1. The van der Waals surface area contributed by atoms with Gasteiger partial charge in [0.25, 0.3) is 11.6 Å². The zero-order valence-electron chi connectivity index (χ0n) is 13.2. The van der Waals surface area contributed by atoms with Crippen LogP contribution in [-0.4, -0.2) is 33.1 Å². The van der Waals surface area contributed by atoms with E-state index < -0.39 is 16.4 Å². The Balaban J connectivity index is 2.02. The van der Waals surface area contributed by atoms with Gasteiger partial charge in [0.1, 0.15) is 12.4 Å². The minimum Gasteiger partial charge on any atom is -0.490 e. The minimum absolute atomic E-state index is 0.0409. The number of aromatic nitrogens is 1. The molecule has 0 spiro atoms. The van der Waals surface area contributed by atoms with Crippen LogP contribution in [0.2, 0.25) is 0 Å². The Morgan fingerprint density at radius 3 is 2.62 bits per heavy atom. The number of nitro benzene ring substituents is 1. The van der Waals surface area contributed by atoms with E-state index in [0.29, 0.717) is 17.0 Å². The van der Waals surface area contributed by atoms with Gasteiger partial charge in [0, 0.05) is 29.7 Å². The first kappa shape index (κ1) is 17.4. The molecule has 8 nitrogen and oxygen atoms in total. The topological polar surface area (TPSA) is 115 Å². The molecule has 1 atom stereocenters. The molecule has 2 aromatic rings. The van der Waals surface area contributed by atoms with Gasteiger partial charge in [0.15, 0.2) is 5.60 Å². The van der Waals surface area contributed by atoms with Crippen molar-refractivity contribution in [3.8, 4) is 5.75 Å². The van der Waals surface area contributed by atoms with Crippen LogP contribution in [0.1, 0.15) is 12.5 Å². The maximum absolute atomic E-state index is 12.2. The lowest BCUT2D eigenvalue weighted by molar-refractivity contribution is -0.385. The number of hydrogen-bond donors (Lipinski definition) is 2. The second-order valence-corrected chi connectivity index (χ2v) is 5.46. The number of rotatable bonds is 6. The molecule has 0 bridgehead atoms. The number of aryl methyl sites for hydroxylation is 1. The van der Waals surface area contributed by atoms with E-state index in [1.807, 2.05) is 0 Å². The molecule has 0 radical (unpaired) electrons. The van der Waals surface area contributed by atoms with E-state index in [1.54, 1.807) is 19.1 Å². The third kappa shape index (κ3) is 4.26. The smallest absolute Gasteiger partial charge is 0.272 e. The van der Waals surface area contributed by atoms with Gasteiger partial charge in [0.05, 0.1) is 4.92 Å². The van der Waals surface area contributed by atoms with Crippen molar-refractivity contribution in [3.63, 3.8) is 0 Å². The number of hydrogen-bond acceptors (Lipinski definition) is 6. The van der Waals surface area contributed by atoms with Crippen molar-refractivity contribution in [2.75, 3.05) is 11.9 Å². The van der Waals surface area contributed by atoms with Crippen molar-refractivity contribution >= 4 is 17.3 Å². The minimum atomic E-state index is -1.78. The first-order chi connectivity index (χ1) is 11.3. The highest BCUT2D eigenvalue weighted by atomic mass is 16.6. The number of carbonyl (C=O) groups excluding carboxylic acids is 1. The highest BCUT2D eigenvalue weighted by Gasteiger charge is 2.31. The van der Waals surface area contributed by atoms with Crippen molar-refractivity contribution in [3.05, 3.63) is 58.4 Å². The van der Waals surface area contributed by atoms with E-state index in [-0.39, 0.29) is 12.3 Å². The van der Waals surface area contributed by atoms with Crippen LogP contribution in [0.4, 0.5) is 11.4 Å². The van der Waals surface area contributed by atoms with Crippen LogP contribution < -0.4 is 10.1 Å². The number of nitrogens with one attached hydrogen (secondary N) is 1. The van der Waals surface area contributed by atoms with Crippen LogP contribution in [0.3, 0.4) is 0 Å². The van der Waals surface area contributed by atoms with Crippen LogP contribution >= 0.6 is 0 Å². The van der Waals surface area contributed by atoms with E-state index in [2.05, 4.69) is 10.3 Å². The highest BCUT2D eigenvalue weighted by Crippen LogP contribution is 2.22. The van der Waals surface area contributed by atoms with E-state index in [0.717, 1.165) is 0 Å². The SMILES string of the molecule is Cc1cc(NC(=O)C(C)(O)COc2ccncc2)ccc1[N+](=O)[O-]. The number of amides is 1. The summed E-state index contributed by atoms with van der Waals surface area (Å²) < 4.78 is 5.36. The van der Waals surface area contributed by atoms with Crippen molar-refractivity contribution in [2.45, 2.75) is 19.4 Å². The summed E-state index contributed by atoms with van der Waals surface area (Å²) in [6.45, 7) is 2.63. The Morgan fingerprint density at radius 1 is 1.38 bits per heavy atom. The molecule has 0 saturated carbocycles. The summed E-state index contributed by atoms with van der Waals surface area (Å²) in [7, 11) is 0. The van der Waals surface area contributed by atoms with Gasteiger partial charge in [-0.1, -0.05) is 0 Å². The van der Waals surface area contributed by atoms with Gasteiger partial charge in [-0.25, -0.2) is 0 Å². The van der Waals surface area contributed by atoms with E-state index in [1.165, 1.54) is 37.5 Å². The average Bonchev–Trinajstić information content (AvgIpc) is 2.53. The summed E-state index contributed by atoms with van der Waals surface area (Å²) in [6.07, 6.45) is 3.06. The normalized spacial score (nSPS) is 13.0. The molecule has 2 N–H and O–H groups in total. The third-order valence-corrected chi connectivity index (χ3v) is 3.31. The van der Waals surface area contributed by atoms with Crippen molar-refractivity contribution in [2.24, 2.45) is 0 Å². The molecule has 1 aromatic carbocycles. The van der Waals surface area contributed by atoms with E-state index in [4.69, 9.17) is 4.74 Å². The molecule has 1 aromatic heterocycles. The van der Waals surface area contributed by atoms with Crippen LogP contribution in [0.5, 0.6) is 5.75 Å². The number of anilines is 1. The van der Waals surface area contributed by atoms with E-state index in [9.17, 15) is 20.0 Å².